The Labute approximate surface area is 192 Å². The molecular formula is C25H28FN3O4. The second-order valence-corrected chi connectivity index (χ2v) is 9.59. The third-order valence-corrected chi connectivity index (χ3v) is 5.94. The van der Waals surface area contributed by atoms with Crippen LogP contribution in [0.4, 0.5) is 14.9 Å². The lowest BCUT2D eigenvalue weighted by Crippen LogP contribution is -2.43. The van der Waals surface area contributed by atoms with Crippen molar-refractivity contribution in [2.45, 2.75) is 39.3 Å². The number of nitrogens with zero attached hydrogens (tertiary/aromatic N) is 2. The first kappa shape index (κ1) is 22.9. The maximum Gasteiger partial charge on any atom is 0.410 e. The Hall–Kier alpha value is -3.26. The third kappa shape index (κ3) is 4.75. The van der Waals surface area contributed by atoms with E-state index in [9.17, 15) is 19.1 Å². The molecule has 0 radical (unpaired) electrons. The maximum atomic E-state index is 13.3. The molecule has 7 nitrogen and oxygen atoms in total. The molecule has 0 aromatic heterocycles. The predicted molar refractivity (Wildman–Crippen MR) is 123 cm³/mol. The lowest BCUT2D eigenvalue weighted by Gasteiger charge is -2.27. The van der Waals surface area contributed by atoms with Gasteiger partial charge in [-0.05, 0) is 69.2 Å². The zero-order chi connectivity index (χ0) is 23.8. The average Bonchev–Trinajstić information content (AvgIpc) is 3.38. The molecule has 2 aliphatic heterocycles. The van der Waals surface area contributed by atoms with E-state index >= 15 is 0 Å². The van der Waals surface area contributed by atoms with E-state index in [4.69, 9.17) is 4.74 Å². The van der Waals surface area contributed by atoms with Gasteiger partial charge in [-0.3, -0.25) is 9.79 Å². The molecule has 1 fully saturated rings. The quantitative estimate of drug-likeness (QED) is 0.738. The molecule has 2 aromatic rings. The number of ether oxygens (including phenoxy) is 1. The number of hydrogen-bond acceptors (Lipinski definition) is 5. The minimum Gasteiger partial charge on any atom is -0.444 e. The van der Waals surface area contributed by atoms with Crippen LogP contribution >= 0.6 is 0 Å². The first-order valence-electron chi connectivity index (χ1n) is 10.9. The van der Waals surface area contributed by atoms with Crippen LogP contribution in [0.15, 0.2) is 47.5 Å². The highest BCUT2D eigenvalue weighted by molar-refractivity contribution is 6.15. The van der Waals surface area contributed by atoms with E-state index in [0.29, 0.717) is 25.2 Å². The highest BCUT2D eigenvalue weighted by Gasteiger charge is 2.46. The lowest BCUT2D eigenvalue weighted by molar-refractivity contribution is -0.127. The summed E-state index contributed by atoms with van der Waals surface area (Å²) in [6, 6.07) is 11.7. The van der Waals surface area contributed by atoms with Gasteiger partial charge in [-0.1, -0.05) is 6.07 Å². The van der Waals surface area contributed by atoms with Crippen LogP contribution in [0.5, 0.6) is 0 Å². The van der Waals surface area contributed by atoms with Crippen LogP contribution < -0.4 is 5.32 Å². The Bertz CT molecular complexity index is 1110. The topological polar surface area (TPSA) is 91.2 Å². The molecule has 2 N–H and O–H groups in total. The van der Waals surface area contributed by atoms with Crippen molar-refractivity contribution < 1.29 is 23.8 Å². The summed E-state index contributed by atoms with van der Waals surface area (Å²) in [5.74, 6) is -0.667. The molecule has 4 rings (SSSR count). The van der Waals surface area contributed by atoms with E-state index in [1.807, 2.05) is 12.1 Å². The Morgan fingerprint density at radius 2 is 1.94 bits per heavy atom. The van der Waals surface area contributed by atoms with Gasteiger partial charge in [0.25, 0.3) is 0 Å². The molecule has 1 atom stereocenters. The van der Waals surface area contributed by atoms with Gasteiger partial charge in [-0.2, -0.15) is 0 Å². The van der Waals surface area contributed by atoms with Gasteiger partial charge in [-0.25, -0.2) is 9.18 Å². The highest BCUT2D eigenvalue weighted by atomic mass is 19.1. The number of carbonyl (C=O) groups excluding carboxylic acids is 2. The molecule has 0 saturated carbocycles. The number of aliphatic imine (C=N–C) groups is 1. The van der Waals surface area contributed by atoms with Crippen molar-refractivity contribution in [3.8, 4) is 0 Å². The van der Waals surface area contributed by atoms with Crippen molar-refractivity contribution in [2.24, 2.45) is 10.4 Å². The Morgan fingerprint density at radius 1 is 1.21 bits per heavy atom. The number of aliphatic hydroxyl groups excluding tert-OH is 1. The number of likely N-dealkylation sites (tertiary alicyclic amines) is 1. The minimum atomic E-state index is -1.11. The summed E-state index contributed by atoms with van der Waals surface area (Å²) in [5, 5.41) is 13.0. The number of halogens is 1. The van der Waals surface area contributed by atoms with E-state index in [1.165, 1.54) is 17.0 Å². The molecule has 1 saturated heterocycles. The predicted octanol–water partition coefficient (Wildman–Crippen LogP) is 3.73. The van der Waals surface area contributed by atoms with Crippen LogP contribution in [0, 0.1) is 11.2 Å². The number of carbonyl (C=O) groups is 2. The van der Waals surface area contributed by atoms with E-state index in [1.54, 1.807) is 39.0 Å². The molecular weight excluding hydrogens is 425 g/mol. The van der Waals surface area contributed by atoms with E-state index in [-0.39, 0.29) is 24.9 Å². The van der Waals surface area contributed by atoms with Gasteiger partial charge < -0.3 is 20.1 Å². The summed E-state index contributed by atoms with van der Waals surface area (Å²) in [4.78, 5) is 31.6. The smallest absolute Gasteiger partial charge is 0.410 e. The summed E-state index contributed by atoms with van der Waals surface area (Å²) < 4.78 is 18.7. The number of fused-ring (bicyclic) bond motifs is 1. The number of aliphatic hydroxyl groups is 1. The standard InChI is InChI=1S/C25H28FN3O4/c1-24(2,3)33-23(32)29-11-10-25(14-29,15-30)22(31)28-19-9-6-17-13-27-21(20(17)12-19)16-4-7-18(26)8-5-16/h4-9,12,30H,10-11,13-15H2,1-3H3,(H,28,31). The van der Waals surface area contributed by atoms with E-state index in [2.05, 4.69) is 10.3 Å². The average molecular weight is 454 g/mol. The van der Waals surface area contributed by atoms with Crippen molar-refractivity contribution in [3.63, 3.8) is 0 Å². The molecule has 0 aliphatic carbocycles. The van der Waals surface area contributed by atoms with Gasteiger partial charge in [0.2, 0.25) is 5.91 Å². The van der Waals surface area contributed by atoms with Crippen LogP contribution in [0.2, 0.25) is 0 Å². The van der Waals surface area contributed by atoms with Gasteiger partial charge in [0, 0.05) is 29.9 Å². The van der Waals surface area contributed by atoms with Gasteiger partial charge in [0.05, 0.1) is 24.3 Å². The molecule has 0 bridgehead atoms. The van der Waals surface area contributed by atoms with Crippen molar-refractivity contribution in [1.82, 2.24) is 4.90 Å². The third-order valence-electron chi connectivity index (χ3n) is 5.94. The fraction of sp³-hybridized carbons (Fsp3) is 0.400. The molecule has 0 spiro atoms. The number of nitrogens with one attached hydrogen (secondary N) is 1. The van der Waals surface area contributed by atoms with Crippen molar-refractivity contribution >= 4 is 23.4 Å². The summed E-state index contributed by atoms with van der Waals surface area (Å²) in [6.07, 6.45) is -0.162. The highest BCUT2D eigenvalue weighted by Crippen LogP contribution is 2.33. The zero-order valence-electron chi connectivity index (χ0n) is 19.0. The second-order valence-electron chi connectivity index (χ2n) is 9.59. The summed E-state index contributed by atoms with van der Waals surface area (Å²) in [5.41, 5.74) is 2.26. The fourth-order valence-corrected chi connectivity index (χ4v) is 4.12. The molecule has 2 amide bonds. The Morgan fingerprint density at radius 3 is 2.61 bits per heavy atom. The van der Waals surface area contributed by atoms with Gasteiger partial charge in [0.1, 0.15) is 11.4 Å². The van der Waals surface area contributed by atoms with Crippen LogP contribution in [0.25, 0.3) is 0 Å². The van der Waals surface area contributed by atoms with Crippen LogP contribution in [0.1, 0.15) is 43.9 Å². The van der Waals surface area contributed by atoms with E-state index in [0.717, 1.165) is 22.4 Å². The summed E-state index contributed by atoms with van der Waals surface area (Å²) >= 11 is 0. The number of amides is 2. The van der Waals surface area contributed by atoms with Crippen LogP contribution in [0.3, 0.4) is 0 Å². The monoisotopic (exact) mass is 453 g/mol. The summed E-state index contributed by atoms with van der Waals surface area (Å²) in [6.45, 7) is 5.89. The number of benzene rings is 2. The first-order valence-corrected chi connectivity index (χ1v) is 10.9. The number of hydrogen-bond donors (Lipinski definition) is 2. The SMILES string of the molecule is CC(C)(C)OC(=O)N1CCC(CO)(C(=O)Nc2ccc3c(c2)C(c2ccc(F)cc2)=NC3)C1. The van der Waals surface area contributed by atoms with Gasteiger partial charge >= 0.3 is 6.09 Å². The summed E-state index contributed by atoms with van der Waals surface area (Å²) in [7, 11) is 0. The minimum absolute atomic E-state index is 0.0808. The Balaban J connectivity index is 1.50. The zero-order valence-corrected chi connectivity index (χ0v) is 19.0. The molecule has 2 aliphatic rings. The maximum absolute atomic E-state index is 13.3. The van der Waals surface area contributed by atoms with Crippen LogP contribution in [-0.2, 0) is 16.1 Å². The number of anilines is 1. The largest absolute Gasteiger partial charge is 0.444 e. The molecule has 2 heterocycles. The van der Waals surface area contributed by atoms with E-state index < -0.39 is 17.1 Å². The molecule has 8 heteroatoms. The fourth-order valence-electron chi connectivity index (χ4n) is 4.12. The van der Waals surface area contributed by atoms with Crippen molar-refractivity contribution in [3.05, 3.63) is 65.0 Å². The van der Waals surface area contributed by atoms with Crippen molar-refractivity contribution in [2.75, 3.05) is 25.0 Å². The molecule has 174 valence electrons. The first-order chi connectivity index (χ1) is 15.6. The Kier molecular flexibility index (Phi) is 5.97. The van der Waals surface area contributed by atoms with Crippen LogP contribution in [-0.4, -0.2) is 53.0 Å². The van der Waals surface area contributed by atoms with Crippen molar-refractivity contribution in [1.29, 1.82) is 0 Å². The normalized spacial score (nSPS) is 19.8. The lowest BCUT2D eigenvalue weighted by atomic mass is 9.87. The molecule has 2 aromatic carbocycles. The molecule has 1 unspecified atom stereocenters. The van der Waals surface area contributed by atoms with Gasteiger partial charge in [-0.15, -0.1) is 0 Å². The molecule has 33 heavy (non-hydrogen) atoms. The number of rotatable bonds is 4. The second kappa shape index (κ2) is 8.59. The van der Waals surface area contributed by atoms with Gasteiger partial charge in [0.15, 0.2) is 0 Å².